The molecule has 1 aromatic carbocycles. The molecule has 0 unspecified atom stereocenters. The molecule has 1 aliphatic rings. The summed E-state index contributed by atoms with van der Waals surface area (Å²) < 4.78 is 13.5. The first kappa shape index (κ1) is 11.6. The van der Waals surface area contributed by atoms with Gasteiger partial charge in [-0.3, -0.25) is 9.59 Å². The Labute approximate surface area is 97.7 Å². The Morgan fingerprint density at radius 1 is 1.29 bits per heavy atom. The zero-order chi connectivity index (χ0) is 12.4. The molecule has 1 aromatic rings. The monoisotopic (exact) mass is 237 g/mol. The first-order valence-corrected chi connectivity index (χ1v) is 5.38. The Bertz CT molecular complexity index is 443. The number of nitrogens with zero attached hydrogens (tertiary/aromatic N) is 1. The van der Waals surface area contributed by atoms with Crippen LogP contribution in [0.3, 0.4) is 0 Å². The van der Waals surface area contributed by atoms with Crippen molar-refractivity contribution in [2.45, 2.75) is 12.8 Å². The number of amides is 1. The summed E-state index contributed by atoms with van der Waals surface area (Å²) >= 11 is 0. The number of carbonyl (C=O) groups is 2. The third-order valence-corrected chi connectivity index (χ3v) is 2.81. The molecule has 1 fully saturated rings. The summed E-state index contributed by atoms with van der Waals surface area (Å²) in [5, 5.41) is 9.49. The Kier molecular flexibility index (Phi) is 3.08. The van der Waals surface area contributed by atoms with Crippen molar-refractivity contribution >= 4 is 11.7 Å². The summed E-state index contributed by atoms with van der Waals surface area (Å²) in [5.74, 6) is -1.57. The van der Waals surface area contributed by atoms with E-state index in [9.17, 15) is 19.1 Å². The van der Waals surface area contributed by atoms with Crippen molar-refractivity contribution in [1.82, 2.24) is 4.90 Å². The quantitative estimate of drug-likeness (QED) is 0.801. The topological polar surface area (TPSA) is 57.6 Å². The van der Waals surface area contributed by atoms with Crippen molar-refractivity contribution in [2.24, 2.45) is 0 Å². The minimum Gasteiger partial charge on any atom is -0.507 e. The summed E-state index contributed by atoms with van der Waals surface area (Å²) in [6.07, 6.45) is 0.585. The van der Waals surface area contributed by atoms with E-state index in [2.05, 4.69) is 0 Å². The fourth-order valence-corrected chi connectivity index (χ4v) is 1.84. The van der Waals surface area contributed by atoms with E-state index in [1.807, 2.05) is 0 Å². The van der Waals surface area contributed by atoms with Crippen molar-refractivity contribution in [3.8, 4) is 5.75 Å². The largest absolute Gasteiger partial charge is 0.507 e. The van der Waals surface area contributed by atoms with Crippen molar-refractivity contribution < 1.29 is 19.1 Å². The minimum atomic E-state index is -0.744. The summed E-state index contributed by atoms with van der Waals surface area (Å²) in [5.41, 5.74) is -0.318. The molecule has 1 amide bonds. The van der Waals surface area contributed by atoms with Crippen molar-refractivity contribution in [3.63, 3.8) is 0 Å². The van der Waals surface area contributed by atoms with Gasteiger partial charge in [0.25, 0.3) is 5.91 Å². The molecule has 0 spiro atoms. The first-order chi connectivity index (χ1) is 8.09. The smallest absolute Gasteiger partial charge is 0.260 e. The number of carbonyl (C=O) groups excluding carboxylic acids is 2. The number of aromatic hydroxyl groups is 1. The van der Waals surface area contributed by atoms with Crippen LogP contribution in [0, 0.1) is 5.82 Å². The van der Waals surface area contributed by atoms with E-state index in [1.54, 1.807) is 0 Å². The maximum Gasteiger partial charge on any atom is 0.260 e. The van der Waals surface area contributed by atoms with Gasteiger partial charge in [0.15, 0.2) is 0 Å². The molecular weight excluding hydrogens is 225 g/mol. The Morgan fingerprint density at radius 2 is 1.94 bits per heavy atom. The number of rotatable bonds is 1. The van der Waals surface area contributed by atoms with Crippen LogP contribution in [0.2, 0.25) is 0 Å². The second kappa shape index (κ2) is 4.53. The number of piperidine rings is 1. The number of likely N-dealkylation sites (tertiary alicyclic amines) is 1. The van der Waals surface area contributed by atoms with Crippen LogP contribution in [-0.4, -0.2) is 34.8 Å². The van der Waals surface area contributed by atoms with Crippen LogP contribution < -0.4 is 0 Å². The molecule has 1 saturated heterocycles. The Hall–Kier alpha value is -1.91. The van der Waals surface area contributed by atoms with E-state index < -0.39 is 11.7 Å². The van der Waals surface area contributed by atoms with Crippen molar-refractivity contribution in [3.05, 3.63) is 29.6 Å². The number of halogens is 1. The first-order valence-electron chi connectivity index (χ1n) is 5.38. The lowest BCUT2D eigenvalue weighted by molar-refractivity contribution is -0.120. The van der Waals surface area contributed by atoms with E-state index in [0.717, 1.165) is 6.07 Å². The second-order valence-corrected chi connectivity index (χ2v) is 3.96. The van der Waals surface area contributed by atoms with Crippen LogP contribution in [0.1, 0.15) is 23.2 Å². The molecule has 4 nitrogen and oxygen atoms in total. The molecule has 1 aliphatic heterocycles. The zero-order valence-corrected chi connectivity index (χ0v) is 9.15. The highest BCUT2D eigenvalue weighted by atomic mass is 19.1. The molecule has 0 aliphatic carbocycles. The van der Waals surface area contributed by atoms with Gasteiger partial charge in [-0.15, -0.1) is 0 Å². The lowest BCUT2D eigenvalue weighted by atomic mass is 10.1. The van der Waals surface area contributed by atoms with Crippen LogP contribution in [0.4, 0.5) is 4.39 Å². The molecule has 5 heteroatoms. The summed E-state index contributed by atoms with van der Waals surface area (Å²) in [6, 6.07) is 3.73. The van der Waals surface area contributed by atoms with Gasteiger partial charge >= 0.3 is 0 Å². The molecular formula is C12H12FNO3. The van der Waals surface area contributed by atoms with E-state index in [4.69, 9.17) is 0 Å². The second-order valence-electron chi connectivity index (χ2n) is 3.96. The number of hydrogen-bond donors (Lipinski definition) is 1. The van der Waals surface area contributed by atoms with Crippen LogP contribution >= 0.6 is 0 Å². The maximum absolute atomic E-state index is 13.5. The number of ketones is 1. The minimum absolute atomic E-state index is 0.104. The molecule has 0 aromatic heterocycles. The van der Waals surface area contributed by atoms with Gasteiger partial charge < -0.3 is 10.0 Å². The number of phenols is 1. The van der Waals surface area contributed by atoms with Crippen molar-refractivity contribution in [2.75, 3.05) is 13.1 Å². The number of benzene rings is 1. The zero-order valence-electron chi connectivity index (χ0n) is 9.15. The van der Waals surface area contributed by atoms with E-state index in [-0.39, 0.29) is 30.2 Å². The van der Waals surface area contributed by atoms with Gasteiger partial charge in [-0.05, 0) is 12.1 Å². The normalized spacial score (nSPS) is 16.1. The summed E-state index contributed by atoms with van der Waals surface area (Å²) in [4.78, 5) is 24.4. The van der Waals surface area contributed by atoms with E-state index in [1.165, 1.54) is 17.0 Å². The molecule has 0 bridgehead atoms. The average molecular weight is 237 g/mol. The molecule has 90 valence electrons. The van der Waals surface area contributed by atoms with Gasteiger partial charge in [0.2, 0.25) is 0 Å². The predicted octanol–water partition coefficient (Wildman–Crippen LogP) is 1.34. The molecule has 1 heterocycles. The molecule has 0 radical (unpaired) electrons. The predicted molar refractivity (Wildman–Crippen MR) is 58.2 cm³/mol. The fourth-order valence-electron chi connectivity index (χ4n) is 1.84. The number of phenolic OH excluding ortho intramolecular Hbond substituents is 1. The molecule has 0 saturated carbocycles. The van der Waals surface area contributed by atoms with Crippen LogP contribution in [0.25, 0.3) is 0 Å². The van der Waals surface area contributed by atoms with Crippen molar-refractivity contribution in [1.29, 1.82) is 0 Å². The van der Waals surface area contributed by atoms with Crippen LogP contribution in [0.15, 0.2) is 18.2 Å². The highest BCUT2D eigenvalue weighted by Crippen LogP contribution is 2.22. The van der Waals surface area contributed by atoms with Gasteiger partial charge in [0.1, 0.15) is 22.9 Å². The van der Waals surface area contributed by atoms with Gasteiger partial charge in [0, 0.05) is 25.9 Å². The third-order valence-electron chi connectivity index (χ3n) is 2.81. The summed E-state index contributed by atoms with van der Waals surface area (Å²) in [7, 11) is 0. The number of Topliss-reactive ketones (excluding diaryl/α,β-unsaturated/α-hetero) is 1. The number of hydrogen-bond acceptors (Lipinski definition) is 3. The van der Waals surface area contributed by atoms with E-state index >= 15 is 0 Å². The molecule has 2 rings (SSSR count). The summed E-state index contributed by atoms with van der Waals surface area (Å²) in [6.45, 7) is 0.566. The Balaban J connectivity index is 2.22. The average Bonchev–Trinajstić information content (AvgIpc) is 2.29. The fraction of sp³-hybridized carbons (Fsp3) is 0.333. The third kappa shape index (κ3) is 2.27. The highest BCUT2D eigenvalue weighted by Gasteiger charge is 2.25. The van der Waals surface area contributed by atoms with E-state index in [0.29, 0.717) is 12.8 Å². The molecule has 17 heavy (non-hydrogen) atoms. The lowest BCUT2D eigenvalue weighted by Gasteiger charge is -2.26. The maximum atomic E-state index is 13.5. The standard InChI is InChI=1S/C12H12FNO3/c13-9-2-1-3-10(16)11(9)12(17)14-6-4-8(15)5-7-14/h1-3,16H,4-7H2. The van der Waals surface area contributed by atoms with Gasteiger partial charge in [0.05, 0.1) is 0 Å². The Morgan fingerprint density at radius 3 is 2.53 bits per heavy atom. The SMILES string of the molecule is O=C1CCN(C(=O)c2c(O)cccc2F)CC1. The van der Waals surface area contributed by atoms with Gasteiger partial charge in [-0.2, -0.15) is 0 Å². The van der Waals surface area contributed by atoms with Gasteiger partial charge in [-0.25, -0.2) is 4.39 Å². The van der Waals surface area contributed by atoms with Gasteiger partial charge in [-0.1, -0.05) is 6.07 Å². The lowest BCUT2D eigenvalue weighted by Crippen LogP contribution is -2.39. The highest BCUT2D eigenvalue weighted by molar-refractivity contribution is 5.98. The van der Waals surface area contributed by atoms with Crippen LogP contribution in [0.5, 0.6) is 5.75 Å². The van der Waals surface area contributed by atoms with Crippen LogP contribution in [-0.2, 0) is 4.79 Å². The molecule has 0 atom stereocenters. The molecule has 1 N–H and O–H groups in total.